The third-order valence-corrected chi connectivity index (χ3v) is 10.4. The minimum Gasteiger partial charge on any atom is -0.507 e. The monoisotopic (exact) mass is 720 g/mol. The number of nitrogens with zero attached hydrogens (tertiary/aromatic N) is 2. The zero-order chi connectivity index (χ0) is 36.3. The largest absolute Gasteiger partial charge is 0.507 e. The lowest BCUT2D eigenvalue weighted by atomic mass is 9.84. The number of hydrogen-bond donors (Lipinski definition) is 2. The molecule has 1 saturated carbocycles. The first-order chi connectivity index (χ1) is 23.7. The number of carbonyl (C=O) groups is 2. The number of rotatable bonds is 11. The van der Waals surface area contributed by atoms with Crippen LogP contribution in [-0.2, 0) is 27.9 Å². The summed E-state index contributed by atoms with van der Waals surface area (Å²) in [4.78, 5) is 24.3. The Morgan fingerprint density at radius 1 is 0.720 bits per heavy atom. The highest BCUT2D eigenvalue weighted by molar-refractivity contribution is 7.89. The van der Waals surface area contributed by atoms with Crippen LogP contribution in [0.25, 0.3) is 0 Å². The van der Waals surface area contributed by atoms with Gasteiger partial charge in [0, 0.05) is 18.3 Å². The van der Waals surface area contributed by atoms with Crippen LogP contribution in [0.5, 0.6) is 5.75 Å². The first kappa shape index (κ1) is 36.4. The number of aromatic hydroxyl groups is 1. The van der Waals surface area contributed by atoms with Crippen molar-refractivity contribution in [2.75, 3.05) is 11.4 Å². The van der Waals surface area contributed by atoms with E-state index in [9.17, 15) is 54.6 Å². The van der Waals surface area contributed by atoms with E-state index in [1.54, 1.807) is 12.1 Å². The van der Waals surface area contributed by atoms with Gasteiger partial charge in [-0.2, -0.15) is 4.31 Å². The Balaban J connectivity index is 1.56. The number of anilines is 1. The fourth-order valence-electron chi connectivity index (χ4n) is 5.90. The summed E-state index contributed by atoms with van der Waals surface area (Å²) in [6.45, 7) is -2.40. The molecule has 1 fully saturated rings. The molecule has 4 aromatic carbocycles. The zero-order valence-corrected chi connectivity index (χ0v) is 27.0. The van der Waals surface area contributed by atoms with Crippen molar-refractivity contribution in [2.45, 2.75) is 56.0 Å². The molecule has 0 aromatic heterocycles. The summed E-state index contributed by atoms with van der Waals surface area (Å²) in [5, 5.41) is 19.8. The van der Waals surface area contributed by atoms with Gasteiger partial charge in [0.2, 0.25) is 21.7 Å². The topological polar surface area (TPSA) is 115 Å². The number of aromatic carboxylic acids is 1. The molecule has 0 heterocycles. The standard InChI is InChI=1S/C35H30F6N2O6S/c36-24-12-8-20(9-13-24)17-42(50(48,49)34-32(40)30(38)29(37)31(39)33(34)41)19-28(45)43(25-14-15-26(35(46)47)27(44)16-25)18-21-6-10-23(11-7-21)22-4-2-1-3-5-22/h6-16,22,44H,1-5,17-19H2,(H,46,47). The van der Waals surface area contributed by atoms with Crippen molar-refractivity contribution in [3.05, 3.63) is 124 Å². The maximum atomic E-state index is 14.9. The molecule has 2 N–H and O–H groups in total. The van der Waals surface area contributed by atoms with Crippen LogP contribution >= 0.6 is 0 Å². The molecular weight excluding hydrogens is 690 g/mol. The van der Waals surface area contributed by atoms with Gasteiger partial charge >= 0.3 is 5.97 Å². The first-order valence-corrected chi connectivity index (χ1v) is 16.8. The molecule has 1 amide bonds. The molecule has 0 bridgehead atoms. The van der Waals surface area contributed by atoms with E-state index in [1.807, 2.05) is 12.1 Å². The second-order valence-corrected chi connectivity index (χ2v) is 13.7. The summed E-state index contributed by atoms with van der Waals surface area (Å²) in [5.41, 5.74) is 0.968. The lowest BCUT2D eigenvalue weighted by molar-refractivity contribution is -0.119. The molecule has 264 valence electrons. The highest BCUT2D eigenvalue weighted by Gasteiger charge is 2.39. The van der Waals surface area contributed by atoms with Crippen LogP contribution in [0.3, 0.4) is 0 Å². The highest BCUT2D eigenvalue weighted by Crippen LogP contribution is 2.34. The van der Waals surface area contributed by atoms with Crippen molar-refractivity contribution in [1.29, 1.82) is 0 Å². The Kier molecular flexibility index (Phi) is 10.9. The average Bonchev–Trinajstić information content (AvgIpc) is 3.09. The van der Waals surface area contributed by atoms with Gasteiger partial charge in [0.25, 0.3) is 0 Å². The maximum Gasteiger partial charge on any atom is 0.339 e. The lowest BCUT2D eigenvalue weighted by Gasteiger charge is -2.28. The molecule has 1 aliphatic rings. The fraction of sp³-hybridized carbons (Fsp3) is 0.257. The predicted octanol–water partition coefficient (Wildman–Crippen LogP) is 7.40. The Bertz CT molecular complexity index is 1990. The third-order valence-electron chi connectivity index (χ3n) is 8.57. The van der Waals surface area contributed by atoms with E-state index in [1.165, 1.54) is 6.07 Å². The van der Waals surface area contributed by atoms with Gasteiger partial charge in [0.05, 0.1) is 13.1 Å². The molecule has 5 rings (SSSR count). The number of carboxylic acids is 1. The van der Waals surface area contributed by atoms with Crippen molar-refractivity contribution < 1.29 is 54.6 Å². The van der Waals surface area contributed by atoms with Crippen molar-refractivity contribution in [3.63, 3.8) is 0 Å². The average molecular weight is 721 g/mol. The number of carbonyl (C=O) groups excluding carboxylic acids is 1. The van der Waals surface area contributed by atoms with E-state index < -0.39 is 86.1 Å². The summed E-state index contributed by atoms with van der Waals surface area (Å²) in [5.74, 6) is -16.6. The summed E-state index contributed by atoms with van der Waals surface area (Å²) in [6.07, 6.45) is 5.36. The van der Waals surface area contributed by atoms with E-state index in [0.717, 1.165) is 79.0 Å². The van der Waals surface area contributed by atoms with Crippen LogP contribution in [0, 0.1) is 34.9 Å². The minimum atomic E-state index is -5.69. The van der Waals surface area contributed by atoms with E-state index >= 15 is 0 Å². The number of hydrogen-bond acceptors (Lipinski definition) is 5. The summed E-state index contributed by atoms with van der Waals surface area (Å²) in [7, 11) is -5.69. The lowest BCUT2D eigenvalue weighted by Crippen LogP contribution is -2.43. The molecule has 0 aliphatic heterocycles. The van der Waals surface area contributed by atoms with Gasteiger partial charge in [-0.3, -0.25) is 4.79 Å². The summed E-state index contributed by atoms with van der Waals surface area (Å²) >= 11 is 0. The van der Waals surface area contributed by atoms with Crippen LogP contribution in [0.2, 0.25) is 0 Å². The number of carboxylic acid groups (broad SMARTS) is 1. The van der Waals surface area contributed by atoms with Gasteiger partial charge < -0.3 is 15.1 Å². The Labute approximate surface area is 283 Å². The van der Waals surface area contributed by atoms with Crippen molar-refractivity contribution in [3.8, 4) is 5.75 Å². The van der Waals surface area contributed by atoms with Gasteiger partial charge in [-0.25, -0.2) is 39.6 Å². The van der Waals surface area contributed by atoms with Crippen LogP contribution < -0.4 is 4.90 Å². The SMILES string of the molecule is O=C(O)c1ccc(N(Cc2ccc(C3CCCCC3)cc2)C(=O)CN(Cc2ccc(F)cc2)S(=O)(=O)c2c(F)c(F)c(F)c(F)c2F)cc1O. The first-order valence-electron chi connectivity index (χ1n) is 15.4. The van der Waals surface area contributed by atoms with Crippen molar-refractivity contribution in [2.24, 2.45) is 0 Å². The minimum absolute atomic E-state index is 0.0139. The zero-order valence-electron chi connectivity index (χ0n) is 26.2. The van der Waals surface area contributed by atoms with Crippen molar-refractivity contribution in [1.82, 2.24) is 4.31 Å². The maximum absolute atomic E-state index is 14.9. The molecule has 0 atom stereocenters. The Morgan fingerprint density at radius 2 is 1.26 bits per heavy atom. The fourth-order valence-corrected chi connectivity index (χ4v) is 7.39. The predicted molar refractivity (Wildman–Crippen MR) is 169 cm³/mol. The van der Waals surface area contributed by atoms with E-state index in [0.29, 0.717) is 11.5 Å². The summed E-state index contributed by atoms with van der Waals surface area (Å²) < 4.78 is 113. The highest BCUT2D eigenvalue weighted by atomic mass is 32.2. The molecule has 1 aliphatic carbocycles. The smallest absolute Gasteiger partial charge is 0.339 e. The molecule has 4 aromatic rings. The number of sulfonamides is 1. The van der Waals surface area contributed by atoms with Crippen LogP contribution in [0.1, 0.15) is 65.1 Å². The van der Waals surface area contributed by atoms with Crippen LogP contribution in [-0.4, -0.2) is 41.4 Å². The number of halogens is 6. The number of phenols is 1. The van der Waals surface area contributed by atoms with E-state index in [-0.39, 0.29) is 22.1 Å². The normalized spacial score (nSPS) is 13.8. The molecule has 0 saturated heterocycles. The van der Waals surface area contributed by atoms with E-state index in [4.69, 9.17) is 0 Å². The quantitative estimate of drug-likeness (QED) is 0.0949. The summed E-state index contributed by atoms with van der Waals surface area (Å²) in [6, 6.07) is 14.4. The molecule has 15 heteroatoms. The van der Waals surface area contributed by atoms with Crippen molar-refractivity contribution >= 4 is 27.6 Å². The molecule has 0 unspecified atom stereocenters. The number of amides is 1. The van der Waals surface area contributed by atoms with E-state index in [2.05, 4.69) is 0 Å². The number of benzene rings is 4. The van der Waals surface area contributed by atoms with Gasteiger partial charge in [-0.05, 0) is 59.7 Å². The third kappa shape index (κ3) is 7.63. The second kappa shape index (κ2) is 14.9. The van der Waals surface area contributed by atoms with Crippen LogP contribution in [0.4, 0.5) is 32.0 Å². The van der Waals surface area contributed by atoms with Gasteiger partial charge in [-0.1, -0.05) is 55.7 Å². The van der Waals surface area contributed by atoms with Crippen LogP contribution in [0.15, 0.2) is 71.6 Å². The van der Waals surface area contributed by atoms with Gasteiger partial charge in [0.15, 0.2) is 28.2 Å². The molecular formula is C35H30F6N2O6S. The Morgan fingerprint density at radius 3 is 1.82 bits per heavy atom. The Hall–Kier alpha value is -4.89. The molecule has 50 heavy (non-hydrogen) atoms. The molecule has 0 radical (unpaired) electrons. The molecule has 8 nitrogen and oxygen atoms in total. The molecule has 0 spiro atoms. The van der Waals surface area contributed by atoms with Gasteiger partial charge in [0.1, 0.15) is 17.1 Å². The second-order valence-electron chi connectivity index (χ2n) is 11.9. The van der Waals surface area contributed by atoms with Gasteiger partial charge in [-0.15, -0.1) is 0 Å².